The van der Waals surface area contributed by atoms with Gasteiger partial charge in [0.25, 0.3) is 0 Å². The summed E-state index contributed by atoms with van der Waals surface area (Å²) in [6, 6.07) is 0. The molecule has 1 atom stereocenters. The summed E-state index contributed by atoms with van der Waals surface area (Å²) in [7, 11) is 1.21. The van der Waals surface area contributed by atoms with Crippen LogP contribution < -0.4 is 0 Å². The maximum atomic E-state index is 12.4. The maximum absolute atomic E-state index is 12.4. The number of carbonyl (C=O) groups is 1. The molecule has 0 amide bonds. The van der Waals surface area contributed by atoms with Crippen LogP contribution in [0.4, 0.5) is 13.2 Å². The number of carbonyl (C=O) groups excluding carboxylic acids is 1. The quantitative estimate of drug-likeness (QED) is 0.755. The van der Waals surface area contributed by atoms with Crippen molar-refractivity contribution in [2.24, 2.45) is 7.05 Å². The van der Waals surface area contributed by atoms with E-state index in [4.69, 9.17) is 4.74 Å². The fourth-order valence-electron chi connectivity index (χ4n) is 1.38. The molecule has 17 heavy (non-hydrogen) atoms. The number of esters is 1. The molecule has 0 radical (unpaired) electrons. The Morgan fingerprint density at radius 1 is 1.47 bits per heavy atom. The zero-order valence-corrected chi connectivity index (χ0v) is 9.51. The van der Waals surface area contributed by atoms with Crippen molar-refractivity contribution in [3.63, 3.8) is 0 Å². The molecule has 1 unspecified atom stereocenters. The summed E-state index contributed by atoms with van der Waals surface area (Å²) in [5.41, 5.74) is 0. The number of nitrogens with zero attached hydrogens (tertiary/aromatic N) is 3. The van der Waals surface area contributed by atoms with Gasteiger partial charge in [0.2, 0.25) is 5.82 Å². The van der Waals surface area contributed by atoms with E-state index in [2.05, 4.69) is 10.2 Å². The fourth-order valence-corrected chi connectivity index (χ4v) is 2.34. The number of hydrogen-bond donors (Lipinski definition) is 0. The second-order valence-corrected chi connectivity index (χ2v) is 4.60. The van der Waals surface area contributed by atoms with Crippen molar-refractivity contribution in [2.45, 2.75) is 23.0 Å². The number of halogens is 3. The lowest BCUT2D eigenvalue weighted by molar-refractivity contribution is -0.147. The van der Waals surface area contributed by atoms with Crippen LogP contribution in [0.15, 0.2) is 5.16 Å². The van der Waals surface area contributed by atoms with Gasteiger partial charge in [0.1, 0.15) is 5.25 Å². The Morgan fingerprint density at radius 2 is 2.18 bits per heavy atom. The fraction of sp³-hybridized carbons (Fsp3) is 0.625. The van der Waals surface area contributed by atoms with Crippen molar-refractivity contribution in [1.29, 1.82) is 0 Å². The highest BCUT2D eigenvalue weighted by Crippen LogP contribution is 2.32. The highest BCUT2D eigenvalue weighted by atomic mass is 32.2. The Kier molecular flexibility index (Phi) is 3.02. The molecule has 2 heterocycles. The third kappa shape index (κ3) is 2.38. The Balaban J connectivity index is 2.18. The molecule has 0 bridgehead atoms. The minimum atomic E-state index is -4.54. The summed E-state index contributed by atoms with van der Waals surface area (Å²) in [6.45, 7) is 0.292. The topological polar surface area (TPSA) is 57.0 Å². The van der Waals surface area contributed by atoms with Gasteiger partial charge < -0.3 is 9.30 Å². The molecule has 0 aliphatic carbocycles. The van der Waals surface area contributed by atoms with Gasteiger partial charge in [0.05, 0.1) is 6.61 Å². The van der Waals surface area contributed by atoms with Crippen molar-refractivity contribution in [3.05, 3.63) is 5.82 Å². The molecule has 1 saturated heterocycles. The summed E-state index contributed by atoms with van der Waals surface area (Å²) >= 11 is 0.938. The molecule has 0 N–H and O–H groups in total. The minimum Gasteiger partial charge on any atom is -0.465 e. The van der Waals surface area contributed by atoms with Crippen molar-refractivity contribution >= 4 is 17.7 Å². The summed E-state index contributed by atoms with van der Waals surface area (Å²) in [6.07, 6.45) is -4.07. The lowest BCUT2D eigenvalue weighted by Crippen LogP contribution is -2.14. The third-order valence-corrected chi connectivity index (χ3v) is 3.50. The van der Waals surface area contributed by atoms with Crippen molar-refractivity contribution in [1.82, 2.24) is 14.8 Å². The average molecular weight is 267 g/mol. The summed E-state index contributed by atoms with van der Waals surface area (Å²) in [5, 5.41) is 6.05. The Morgan fingerprint density at radius 3 is 2.65 bits per heavy atom. The van der Waals surface area contributed by atoms with E-state index in [9.17, 15) is 18.0 Å². The molecule has 9 heteroatoms. The van der Waals surface area contributed by atoms with Gasteiger partial charge in [0.15, 0.2) is 5.16 Å². The first-order valence-corrected chi connectivity index (χ1v) is 5.57. The highest BCUT2D eigenvalue weighted by Gasteiger charge is 2.38. The van der Waals surface area contributed by atoms with Gasteiger partial charge in [-0.2, -0.15) is 13.2 Å². The number of rotatable bonds is 2. The van der Waals surface area contributed by atoms with Crippen LogP contribution in [0.25, 0.3) is 0 Å². The molecule has 0 spiro atoms. The Bertz CT molecular complexity index is 446. The first-order chi connectivity index (χ1) is 7.89. The van der Waals surface area contributed by atoms with E-state index >= 15 is 0 Å². The van der Waals surface area contributed by atoms with E-state index in [0.717, 1.165) is 16.3 Å². The van der Waals surface area contributed by atoms with Gasteiger partial charge in [-0.15, -0.1) is 10.2 Å². The van der Waals surface area contributed by atoms with Gasteiger partial charge >= 0.3 is 12.1 Å². The van der Waals surface area contributed by atoms with Gasteiger partial charge in [-0.1, -0.05) is 11.8 Å². The highest BCUT2D eigenvalue weighted by molar-refractivity contribution is 8.00. The normalized spacial score (nSPS) is 20.7. The minimum absolute atomic E-state index is 0.0566. The third-order valence-electron chi connectivity index (χ3n) is 2.22. The smallest absolute Gasteiger partial charge is 0.451 e. The summed E-state index contributed by atoms with van der Waals surface area (Å²) in [5.74, 6) is -1.50. The van der Waals surface area contributed by atoms with Crippen molar-refractivity contribution in [3.8, 4) is 0 Å². The number of alkyl halides is 3. The molecular formula is C8H8F3N3O2S. The van der Waals surface area contributed by atoms with Crippen LogP contribution in [-0.4, -0.2) is 32.6 Å². The molecule has 1 aromatic heterocycles. The summed E-state index contributed by atoms with van der Waals surface area (Å²) in [4.78, 5) is 11.2. The first kappa shape index (κ1) is 12.2. The predicted molar refractivity (Wildman–Crippen MR) is 51.2 cm³/mol. The lowest BCUT2D eigenvalue weighted by Gasteiger charge is -2.07. The molecule has 0 saturated carbocycles. The first-order valence-electron chi connectivity index (χ1n) is 4.69. The second kappa shape index (κ2) is 4.21. The van der Waals surface area contributed by atoms with Gasteiger partial charge in [-0.05, 0) is 0 Å². The van der Waals surface area contributed by atoms with Gasteiger partial charge in [-0.25, -0.2) is 0 Å². The van der Waals surface area contributed by atoms with Crippen LogP contribution >= 0.6 is 11.8 Å². The van der Waals surface area contributed by atoms with E-state index in [1.165, 1.54) is 7.05 Å². The monoisotopic (exact) mass is 267 g/mol. The maximum Gasteiger partial charge on any atom is 0.451 e. The number of hydrogen-bond acceptors (Lipinski definition) is 5. The molecule has 1 aliphatic rings. The average Bonchev–Trinajstić information content (AvgIpc) is 2.75. The SMILES string of the molecule is Cn1c(SC2CCOC2=O)nnc1C(F)(F)F. The molecule has 5 nitrogen and oxygen atoms in total. The Hall–Kier alpha value is -1.25. The van der Waals surface area contributed by atoms with E-state index in [0.29, 0.717) is 13.0 Å². The van der Waals surface area contributed by atoms with Crippen LogP contribution in [0.2, 0.25) is 0 Å². The van der Waals surface area contributed by atoms with Crippen LogP contribution in [0.5, 0.6) is 0 Å². The van der Waals surface area contributed by atoms with Crippen LogP contribution in [0.1, 0.15) is 12.2 Å². The van der Waals surface area contributed by atoms with Crippen molar-refractivity contribution < 1.29 is 22.7 Å². The lowest BCUT2D eigenvalue weighted by atomic mass is 10.4. The largest absolute Gasteiger partial charge is 0.465 e. The zero-order chi connectivity index (χ0) is 12.6. The van der Waals surface area contributed by atoms with E-state index in [1.54, 1.807) is 0 Å². The Labute approximate surface area is 98.3 Å². The molecule has 94 valence electrons. The standard InChI is InChI=1S/C8H8F3N3O2S/c1-14-6(8(9,10)11)12-13-7(14)17-4-2-3-16-5(4)15/h4H,2-3H2,1H3. The molecule has 2 rings (SSSR count). The number of ether oxygens (including phenoxy) is 1. The zero-order valence-electron chi connectivity index (χ0n) is 8.69. The van der Waals surface area contributed by atoms with E-state index < -0.39 is 23.2 Å². The van der Waals surface area contributed by atoms with E-state index in [-0.39, 0.29) is 5.16 Å². The van der Waals surface area contributed by atoms with Crippen LogP contribution in [-0.2, 0) is 22.8 Å². The van der Waals surface area contributed by atoms with Crippen LogP contribution in [0.3, 0.4) is 0 Å². The van der Waals surface area contributed by atoms with Crippen molar-refractivity contribution in [2.75, 3.05) is 6.61 Å². The van der Waals surface area contributed by atoms with Gasteiger partial charge in [-0.3, -0.25) is 4.79 Å². The number of aromatic nitrogens is 3. The van der Waals surface area contributed by atoms with E-state index in [1.807, 2.05) is 0 Å². The molecule has 1 fully saturated rings. The summed E-state index contributed by atoms with van der Waals surface area (Å²) < 4.78 is 42.8. The van der Waals surface area contributed by atoms with Gasteiger partial charge in [0, 0.05) is 13.5 Å². The molecular weight excluding hydrogens is 259 g/mol. The van der Waals surface area contributed by atoms with Crippen LogP contribution in [0, 0.1) is 0 Å². The molecule has 1 aromatic rings. The predicted octanol–water partition coefficient (Wildman–Crippen LogP) is 1.24. The molecule has 0 aromatic carbocycles. The molecule has 1 aliphatic heterocycles. The number of thioether (sulfide) groups is 1. The number of cyclic esters (lactones) is 1. The second-order valence-electron chi connectivity index (χ2n) is 3.43.